The summed E-state index contributed by atoms with van der Waals surface area (Å²) in [7, 11) is 0. The molecule has 0 amide bonds. The Labute approximate surface area is 83.1 Å². The van der Waals surface area contributed by atoms with Crippen molar-refractivity contribution in [1.29, 1.82) is 0 Å². The minimum Gasteiger partial charge on any atom is -0.411 e. The van der Waals surface area contributed by atoms with Crippen LogP contribution in [0, 0.1) is 12.7 Å². The van der Waals surface area contributed by atoms with Crippen LogP contribution in [-0.2, 0) is 0 Å². The number of nitrogens with zero attached hydrogens (tertiary/aromatic N) is 1. The van der Waals surface area contributed by atoms with Gasteiger partial charge in [0.15, 0.2) is 0 Å². The van der Waals surface area contributed by atoms with E-state index in [1.165, 1.54) is 6.07 Å². The van der Waals surface area contributed by atoms with Crippen LogP contribution in [0.4, 0.5) is 4.39 Å². The predicted octanol–water partition coefficient (Wildman–Crippen LogP) is 3.07. The first kappa shape index (κ1) is 10.7. The van der Waals surface area contributed by atoms with E-state index in [0.29, 0.717) is 5.56 Å². The van der Waals surface area contributed by atoms with Crippen molar-refractivity contribution in [2.45, 2.75) is 26.7 Å². The molecule has 14 heavy (non-hydrogen) atoms. The molecule has 0 aliphatic heterocycles. The summed E-state index contributed by atoms with van der Waals surface area (Å²) in [6.07, 6.45) is 1.15. The van der Waals surface area contributed by atoms with Crippen LogP contribution >= 0.6 is 0 Å². The molecule has 1 aromatic carbocycles. The summed E-state index contributed by atoms with van der Waals surface area (Å²) in [6.45, 7) is 5.89. The first-order valence-corrected chi connectivity index (χ1v) is 4.54. The standard InChI is InChI=1S/C11H14FNO/c1-7(2)11-8(3)4-5-10(12)9(11)6-13-14/h4-7,14H,1-3H3. The Bertz CT molecular complexity index is 359. The lowest BCUT2D eigenvalue weighted by Gasteiger charge is -2.13. The number of aryl methyl sites for hydroxylation is 1. The first-order valence-electron chi connectivity index (χ1n) is 4.54. The van der Waals surface area contributed by atoms with Crippen LogP contribution in [0.5, 0.6) is 0 Å². The molecule has 3 heteroatoms. The molecule has 1 N–H and O–H groups in total. The third-order valence-electron chi connectivity index (χ3n) is 2.22. The normalized spacial score (nSPS) is 11.5. The maximum atomic E-state index is 13.4. The van der Waals surface area contributed by atoms with Gasteiger partial charge in [0.1, 0.15) is 5.82 Å². The molecule has 0 aliphatic rings. The zero-order valence-corrected chi connectivity index (χ0v) is 8.58. The molecule has 0 aromatic heterocycles. The van der Waals surface area contributed by atoms with Gasteiger partial charge in [-0.3, -0.25) is 0 Å². The van der Waals surface area contributed by atoms with Crippen LogP contribution in [-0.4, -0.2) is 11.4 Å². The van der Waals surface area contributed by atoms with Crippen molar-refractivity contribution in [1.82, 2.24) is 0 Å². The maximum Gasteiger partial charge on any atom is 0.132 e. The second kappa shape index (κ2) is 4.22. The Balaban J connectivity index is 3.41. The summed E-state index contributed by atoms with van der Waals surface area (Å²) in [5.41, 5.74) is 2.28. The largest absolute Gasteiger partial charge is 0.411 e. The van der Waals surface area contributed by atoms with Gasteiger partial charge in [0, 0.05) is 5.56 Å². The number of hydrogen-bond donors (Lipinski definition) is 1. The fourth-order valence-corrected chi connectivity index (χ4v) is 1.67. The quantitative estimate of drug-likeness (QED) is 0.439. The number of rotatable bonds is 2. The Morgan fingerprint density at radius 1 is 1.43 bits per heavy atom. The van der Waals surface area contributed by atoms with Gasteiger partial charge in [0.25, 0.3) is 0 Å². The Hall–Kier alpha value is -1.38. The Kier molecular flexibility index (Phi) is 3.23. The van der Waals surface area contributed by atoms with Gasteiger partial charge in [0.2, 0.25) is 0 Å². The minimum absolute atomic E-state index is 0.207. The molecule has 1 rings (SSSR count). The summed E-state index contributed by atoms with van der Waals surface area (Å²) in [4.78, 5) is 0. The lowest BCUT2D eigenvalue weighted by Crippen LogP contribution is -2.02. The zero-order valence-electron chi connectivity index (χ0n) is 8.58. The fourth-order valence-electron chi connectivity index (χ4n) is 1.67. The van der Waals surface area contributed by atoms with E-state index in [0.717, 1.165) is 17.3 Å². The molecule has 0 bridgehead atoms. The van der Waals surface area contributed by atoms with E-state index in [1.807, 2.05) is 20.8 Å². The van der Waals surface area contributed by atoms with E-state index in [4.69, 9.17) is 5.21 Å². The highest BCUT2D eigenvalue weighted by molar-refractivity contribution is 5.82. The Morgan fingerprint density at radius 2 is 2.07 bits per heavy atom. The average molecular weight is 195 g/mol. The lowest BCUT2D eigenvalue weighted by atomic mass is 9.93. The van der Waals surface area contributed by atoms with Crippen LogP contribution in [0.1, 0.15) is 36.5 Å². The molecular weight excluding hydrogens is 181 g/mol. The number of halogens is 1. The third-order valence-corrected chi connectivity index (χ3v) is 2.22. The first-order chi connectivity index (χ1) is 6.57. The number of hydrogen-bond acceptors (Lipinski definition) is 2. The molecule has 76 valence electrons. The van der Waals surface area contributed by atoms with Crippen molar-refractivity contribution < 1.29 is 9.60 Å². The molecule has 2 nitrogen and oxygen atoms in total. The molecule has 1 aromatic rings. The van der Waals surface area contributed by atoms with Gasteiger partial charge in [-0.05, 0) is 30.0 Å². The summed E-state index contributed by atoms with van der Waals surface area (Å²) < 4.78 is 13.4. The molecule has 0 radical (unpaired) electrons. The number of benzene rings is 1. The second-order valence-corrected chi connectivity index (χ2v) is 3.59. The highest BCUT2D eigenvalue weighted by Gasteiger charge is 2.12. The van der Waals surface area contributed by atoms with Gasteiger partial charge in [0.05, 0.1) is 6.21 Å². The zero-order chi connectivity index (χ0) is 10.7. The van der Waals surface area contributed by atoms with E-state index >= 15 is 0 Å². The van der Waals surface area contributed by atoms with Crippen LogP contribution in [0.25, 0.3) is 0 Å². The van der Waals surface area contributed by atoms with Crippen molar-refractivity contribution in [3.8, 4) is 0 Å². The topological polar surface area (TPSA) is 32.6 Å². The van der Waals surface area contributed by atoms with E-state index in [1.54, 1.807) is 6.07 Å². The minimum atomic E-state index is -0.350. The van der Waals surface area contributed by atoms with Gasteiger partial charge < -0.3 is 5.21 Å². The highest BCUT2D eigenvalue weighted by Crippen LogP contribution is 2.24. The summed E-state index contributed by atoms with van der Waals surface area (Å²) in [6, 6.07) is 3.12. The predicted molar refractivity (Wildman–Crippen MR) is 54.6 cm³/mol. The maximum absolute atomic E-state index is 13.4. The van der Waals surface area contributed by atoms with E-state index in [2.05, 4.69) is 5.16 Å². The summed E-state index contributed by atoms with van der Waals surface area (Å²) in [5.74, 6) is -0.143. The fraction of sp³-hybridized carbons (Fsp3) is 0.364. The van der Waals surface area contributed by atoms with Crippen LogP contribution in [0.15, 0.2) is 17.3 Å². The molecular formula is C11H14FNO. The summed E-state index contributed by atoms with van der Waals surface area (Å²) >= 11 is 0. The van der Waals surface area contributed by atoms with Crippen molar-refractivity contribution in [2.75, 3.05) is 0 Å². The molecule has 0 fully saturated rings. The van der Waals surface area contributed by atoms with Gasteiger partial charge in [-0.2, -0.15) is 0 Å². The van der Waals surface area contributed by atoms with Crippen molar-refractivity contribution in [2.24, 2.45) is 5.16 Å². The monoisotopic (exact) mass is 195 g/mol. The SMILES string of the molecule is Cc1ccc(F)c(C=NO)c1C(C)C. The van der Waals surface area contributed by atoms with Crippen molar-refractivity contribution >= 4 is 6.21 Å². The summed E-state index contributed by atoms with van der Waals surface area (Å²) in [5, 5.41) is 11.3. The van der Waals surface area contributed by atoms with Crippen LogP contribution in [0.3, 0.4) is 0 Å². The highest BCUT2D eigenvalue weighted by atomic mass is 19.1. The van der Waals surface area contributed by atoms with Gasteiger partial charge in [-0.25, -0.2) is 4.39 Å². The van der Waals surface area contributed by atoms with Crippen LogP contribution < -0.4 is 0 Å². The molecule has 0 aliphatic carbocycles. The van der Waals surface area contributed by atoms with E-state index < -0.39 is 0 Å². The van der Waals surface area contributed by atoms with Gasteiger partial charge in [-0.15, -0.1) is 0 Å². The smallest absolute Gasteiger partial charge is 0.132 e. The lowest BCUT2D eigenvalue weighted by molar-refractivity contribution is 0.321. The van der Waals surface area contributed by atoms with Crippen molar-refractivity contribution in [3.05, 3.63) is 34.6 Å². The molecule has 0 atom stereocenters. The molecule has 0 unspecified atom stereocenters. The van der Waals surface area contributed by atoms with Gasteiger partial charge >= 0.3 is 0 Å². The van der Waals surface area contributed by atoms with Crippen molar-refractivity contribution in [3.63, 3.8) is 0 Å². The van der Waals surface area contributed by atoms with E-state index in [-0.39, 0.29) is 11.7 Å². The van der Waals surface area contributed by atoms with Crippen LogP contribution in [0.2, 0.25) is 0 Å². The Morgan fingerprint density at radius 3 is 2.57 bits per heavy atom. The molecule has 0 saturated carbocycles. The third kappa shape index (κ3) is 1.92. The molecule has 0 heterocycles. The van der Waals surface area contributed by atoms with E-state index in [9.17, 15) is 4.39 Å². The average Bonchev–Trinajstić information content (AvgIpc) is 2.11. The van der Waals surface area contributed by atoms with Gasteiger partial charge in [-0.1, -0.05) is 25.1 Å². The second-order valence-electron chi connectivity index (χ2n) is 3.59. The molecule has 0 spiro atoms. The molecule has 0 saturated heterocycles. The number of oxime groups is 1.